The number of nitrogens with zero attached hydrogens (tertiary/aromatic N) is 2. The molecular weight excluding hydrogens is 360 g/mol. The summed E-state index contributed by atoms with van der Waals surface area (Å²) in [5.41, 5.74) is 3.68. The maximum absolute atomic E-state index is 6.19. The van der Waals surface area contributed by atoms with E-state index in [1.54, 1.807) is 6.21 Å². The van der Waals surface area contributed by atoms with Crippen LogP contribution >= 0.6 is 23.8 Å². The molecule has 0 bridgehead atoms. The van der Waals surface area contributed by atoms with Gasteiger partial charge >= 0.3 is 0 Å². The number of benzene rings is 1. The second-order valence-electron chi connectivity index (χ2n) is 5.62. The van der Waals surface area contributed by atoms with Crippen LogP contribution in [0.3, 0.4) is 0 Å². The van der Waals surface area contributed by atoms with Crippen molar-refractivity contribution in [3.05, 3.63) is 28.8 Å². The first-order chi connectivity index (χ1) is 12.2. The Morgan fingerprint density at radius 2 is 2.24 bits per heavy atom. The van der Waals surface area contributed by atoms with Crippen molar-refractivity contribution < 1.29 is 9.47 Å². The Kier molecular flexibility index (Phi) is 8.96. The lowest BCUT2D eigenvalue weighted by molar-refractivity contribution is 0.0389. The van der Waals surface area contributed by atoms with Crippen molar-refractivity contribution in [1.29, 1.82) is 0 Å². The van der Waals surface area contributed by atoms with E-state index in [2.05, 4.69) is 27.7 Å². The lowest BCUT2D eigenvalue weighted by Gasteiger charge is -2.26. The van der Waals surface area contributed by atoms with Crippen LogP contribution in [-0.2, 0) is 4.74 Å². The first-order valence-electron chi connectivity index (χ1n) is 8.48. The molecule has 0 aromatic heterocycles. The number of thiocarbonyl (C=S) groups is 1. The van der Waals surface area contributed by atoms with Gasteiger partial charge in [0.15, 0.2) is 5.11 Å². The maximum atomic E-state index is 6.19. The molecule has 25 heavy (non-hydrogen) atoms. The van der Waals surface area contributed by atoms with Gasteiger partial charge in [0.05, 0.1) is 31.1 Å². The minimum Gasteiger partial charge on any atom is -0.492 e. The van der Waals surface area contributed by atoms with E-state index in [0.717, 1.165) is 51.4 Å². The Hall–Kier alpha value is -1.41. The van der Waals surface area contributed by atoms with Gasteiger partial charge in [-0.1, -0.05) is 18.5 Å². The highest BCUT2D eigenvalue weighted by atomic mass is 35.5. The molecule has 1 saturated heterocycles. The van der Waals surface area contributed by atoms with E-state index < -0.39 is 0 Å². The Morgan fingerprint density at radius 3 is 2.96 bits per heavy atom. The van der Waals surface area contributed by atoms with E-state index in [1.807, 2.05) is 18.2 Å². The molecule has 2 rings (SSSR count). The van der Waals surface area contributed by atoms with E-state index in [9.17, 15) is 0 Å². The summed E-state index contributed by atoms with van der Waals surface area (Å²) in [5.74, 6) is 0.689. The van der Waals surface area contributed by atoms with Crippen molar-refractivity contribution in [2.24, 2.45) is 5.10 Å². The fourth-order valence-electron chi connectivity index (χ4n) is 2.28. The smallest absolute Gasteiger partial charge is 0.187 e. The first kappa shape index (κ1) is 19.9. The topological polar surface area (TPSA) is 58.1 Å². The van der Waals surface area contributed by atoms with Crippen LogP contribution in [0.25, 0.3) is 0 Å². The Balaban J connectivity index is 1.68. The zero-order valence-corrected chi connectivity index (χ0v) is 16.0. The monoisotopic (exact) mass is 384 g/mol. The molecule has 0 unspecified atom stereocenters. The lowest BCUT2D eigenvalue weighted by Crippen LogP contribution is -2.42. The van der Waals surface area contributed by atoms with Crippen LogP contribution in [0.4, 0.5) is 0 Å². The molecule has 0 radical (unpaired) electrons. The summed E-state index contributed by atoms with van der Waals surface area (Å²) in [6, 6.07) is 5.56. The van der Waals surface area contributed by atoms with Crippen molar-refractivity contribution in [3.63, 3.8) is 0 Å². The molecule has 0 aliphatic carbocycles. The molecule has 1 aliphatic heterocycles. The van der Waals surface area contributed by atoms with Gasteiger partial charge in [0, 0.05) is 26.2 Å². The number of ether oxygens (including phenoxy) is 2. The second-order valence-corrected chi connectivity index (χ2v) is 6.43. The van der Waals surface area contributed by atoms with Gasteiger partial charge in [-0.25, -0.2) is 0 Å². The van der Waals surface area contributed by atoms with E-state index in [4.69, 9.17) is 33.3 Å². The summed E-state index contributed by atoms with van der Waals surface area (Å²) < 4.78 is 10.9. The Labute approximate surface area is 159 Å². The van der Waals surface area contributed by atoms with Crippen LogP contribution in [0.5, 0.6) is 5.75 Å². The summed E-state index contributed by atoms with van der Waals surface area (Å²) in [7, 11) is 0. The van der Waals surface area contributed by atoms with Crippen LogP contribution in [0.2, 0.25) is 5.02 Å². The number of hydrazone groups is 1. The number of morpholine rings is 1. The molecular formula is C17H25ClN4O2S. The van der Waals surface area contributed by atoms with Gasteiger partial charge in [0.25, 0.3) is 0 Å². The Bertz CT molecular complexity index is 580. The average Bonchev–Trinajstić information content (AvgIpc) is 2.62. The standard InChI is InChI=1S/C17H25ClN4O2S/c1-2-9-24-16-4-3-14(12-15(16)18)13-20-21-17(25)19-5-6-22-7-10-23-11-8-22/h3-4,12-13H,2,5-11H2,1H3,(H2,19,21,25)/b20-13+. The number of hydrogen-bond donors (Lipinski definition) is 2. The van der Waals surface area contributed by atoms with Crippen LogP contribution < -0.4 is 15.5 Å². The molecule has 0 amide bonds. The van der Waals surface area contributed by atoms with Gasteiger partial charge in [-0.05, 0) is 42.4 Å². The van der Waals surface area contributed by atoms with E-state index in [-0.39, 0.29) is 0 Å². The molecule has 0 saturated carbocycles. The third kappa shape index (κ3) is 7.56. The zero-order valence-electron chi connectivity index (χ0n) is 14.5. The summed E-state index contributed by atoms with van der Waals surface area (Å²) in [6.45, 7) is 7.96. The van der Waals surface area contributed by atoms with Crippen LogP contribution in [-0.4, -0.2) is 62.2 Å². The number of halogens is 1. The minimum absolute atomic E-state index is 0.499. The van der Waals surface area contributed by atoms with E-state index in [1.165, 1.54) is 0 Å². The minimum atomic E-state index is 0.499. The third-order valence-corrected chi connectivity index (χ3v) is 4.15. The highest BCUT2D eigenvalue weighted by Gasteiger charge is 2.09. The van der Waals surface area contributed by atoms with Gasteiger partial charge < -0.3 is 14.8 Å². The fraction of sp³-hybridized carbons (Fsp3) is 0.529. The summed E-state index contributed by atoms with van der Waals surface area (Å²) in [6.07, 6.45) is 2.62. The SMILES string of the molecule is CCCOc1ccc(/C=N/NC(=S)NCCN2CCOCC2)cc1Cl. The molecule has 1 fully saturated rings. The highest BCUT2D eigenvalue weighted by molar-refractivity contribution is 7.80. The highest BCUT2D eigenvalue weighted by Crippen LogP contribution is 2.24. The molecule has 0 atom stereocenters. The quantitative estimate of drug-likeness (QED) is 0.407. The molecule has 138 valence electrons. The van der Waals surface area contributed by atoms with Gasteiger partial charge in [0.1, 0.15) is 5.75 Å². The maximum Gasteiger partial charge on any atom is 0.187 e. The van der Waals surface area contributed by atoms with Crippen molar-refractivity contribution in [2.75, 3.05) is 46.0 Å². The Morgan fingerprint density at radius 1 is 1.44 bits per heavy atom. The van der Waals surface area contributed by atoms with Crippen molar-refractivity contribution in [3.8, 4) is 5.75 Å². The van der Waals surface area contributed by atoms with Crippen LogP contribution in [0, 0.1) is 0 Å². The van der Waals surface area contributed by atoms with Crippen molar-refractivity contribution in [2.45, 2.75) is 13.3 Å². The van der Waals surface area contributed by atoms with Gasteiger partial charge in [0.2, 0.25) is 0 Å². The summed E-state index contributed by atoms with van der Waals surface area (Å²) >= 11 is 11.4. The van der Waals surface area contributed by atoms with E-state index >= 15 is 0 Å². The molecule has 6 nitrogen and oxygen atoms in total. The van der Waals surface area contributed by atoms with Gasteiger partial charge in [-0.15, -0.1) is 0 Å². The zero-order chi connectivity index (χ0) is 17.9. The predicted molar refractivity (Wildman–Crippen MR) is 106 cm³/mol. The van der Waals surface area contributed by atoms with Crippen molar-refractivity contribution in [1.82, 2.24) is 15.6 Å². The molecule has 1 heterocycles. The largest absolute Gasteiger partial charge is 0.492 e. The van der Waals surface area contributed by atoms with Crippen LogP contribution in [0.1, 0.15) is 18.9 Å². The molecule has 2 N–H and O–H groups in total. The molecule has 1 aromatic carbocycles. The summed E-state index contributed by atoms with van der Waals surface area (Å²) in [5, 5.41) is 8.34. The molecule has 8 heteroatoms. The fourth-order valence-corrected chi connectivity index (χ4v) is 2.68. The lowest BCUT2D eigenvalue weighted by atomic mass is 10.2. The van der Waals surface area contributed by atoms with Crippen molar-refractivity contribution >= 4 is 35.1 Å². The molecule has 1 aliphatic rings. The van der Waals surface area contributed by atoms with Crippen LogP contribution in [0.15, 0.2) is 23.3 Å². The number of nitrogens with one attached hydrogen (secondary N) is 2. The van der Waals surface area contributed by atoms with E-state index in [0.29, 0.717) is 22.5 Å². The molecule has 0 spiro atoms. The molecule has 1 aromatic rings. The first-order valence-corrected chi connectivity index (χ1v) is 9.27. The second kappa shape index (κ2) is 11.3. The number of rotatable bonds is 8. The summed E-state index contributed by atoms with van der Waals surface area (Å²) in [4.78, 5) is 2.34. The normalized spacial score (nSPS) is 15.3. The predicted octanol–water partition coefficient (Wildman–Crippen LogP) is 2.26. The van der Waals surface area contributed by atoms with Gasteiger partial charge in [-0.2, -0.15) is 5.10 Å². The third-order valence-electron chi connectivity index (χ3n) is 3.61. The average molecular weight is 385 g/mol. The number of hydrogen-bond acceptors (Lipinski definition) is 5. The van der Waals surface area contributed by atoms with Gasteiger partial charge in [-0.3, -0.25) is 10.3 Å².